The van der Waals surface area contributed by atoms with Crippen LogP contribution in [0.15, 0.2) is 72.2 Å². The van der Waals surface area contributed by atoms with Gasteiger partial charge < -0.3 is 4.90 Å². The van der Waals surface area contributed by atoms with Crippen LogP contribution in [0, 0.1) is 5.82 Å². The van der Waals surface area contributed by atoms with Crippen molar-refractivity contribution < 1.29 is 23.1 Å². The summed E-state index contributed by atoms with van der Waals surface area (Å²) >= 11 is 1.52. The molecule has 3 aromatic heterocycles. The molecule has 5 heterocycles. The summed E-state index contributed by atoms with van der Waals surface area (Å²) in [5.41, 5.74) is 5.40. The van der Waals surface area contributed by atoms with Gasteiger partial charge in [0.2, 0.25) is 0 Å². The Kier molecular flexibility index (Phi) is 8.81. The standard InChI is InChI=1S/C35H37FN6O4S2/c1-3-29-32(39(2)35-38-30(22-47-35)24-9-12-26(36)13-10-24)42-21-25(11-14-31(42)37-29)23-15-18-40(19-16-23)48(45,46)20-6-17-41-33(43)27-7-4-5-8-28(27)34(41)44/h4-5,7-14,21-23,45-46H,3,6,15-20H2,1-2H3. The number of imidazole rings is 1. The number of thiazole rings is 1. The average molecular weight is 689 g/mol. The van der Waals surface area contributed by atoms with Crippen molar-refractivity contribution in [1.82, 2.24) is 23.6 Å². The molecule has 250 valence electrons. The van der Waals surface area contributed by atoms with E-state index in [0.29, 0.717) is 30.6 Å². The monoisotopic (exact) mass is 688 g/mol. The van der Waals surface area contributed by atoms with Gasteiger partial charge in [0, 0.05) is 43.8 Å². The minimum Gasteiger partial charge on any atom is -0.305 e. The molecule has 2 amide bonds. The lowest BCUT2D eigenvalue weighted by Crippen LogP contribution is -2.37. The summed E-state index contributed by atoms with van der Waals surface area (Å²) < 4.78 is 39.5. The van der Waals surface area contributed by atoms with Crippen molar-refractivity contribution in [2.75, 3.05) is 37.3 Å². The van der Waals surface area contributed by atoms with Crippen LogP contribution in [-0.2, 0) is 6.42 Å². The van der Waals surface area contributed by atoms with E-state index in [4.69, 9.17) is 9.97 Å². The molecule has 0 aliphatic carbocycles. The highest BCUT2D eigenvalue weighted by Crippen LogP contribution is 2.47. The third kappa shape index (κ3) is 6.01. The van der Waals surface area contributed by atoms with Crippen LogP contribution in [0.2, 0.25) is 0 Å². The molecular formula is C35H37FN6O4S2. The first-order valence-electron chi connectivity index (χ1n) is 16.1. The lowest BCUT2D eigenvalue weighted by atomic mass is 9.91. The molecule has 1 saturated heterocycles. The predicted molar refractivity (Wildman–Crippen MR) is 188 cm³/mol. The van der Waals surface area contributed by atoms with Crippen LogP contribution in [0.4, 0.5) is 15.3 Å². The molecule has 2 aromatic carbocycles. The fourth-order valence-corrected chi connectivity index (χ4v) is 9.03. The second-order valence-corrected chi connectivity index (χ2v) is 15.2. The number of carbonyl (C=O) groups excluding carboxylic acids is 2. The molecule has 2 N–H and O–H groups in total. The van der Waals surface area contributed by atoms with E-state index in [9.17, 15) is 23.1 Å². The summed E-state index contributed by atoms with van der Waals surface area (Å²) in [6, 6.07) is 17.2. The topological polar surface area (TPSA) is 115 Å². The summed E-state index contributed by atoms with van der Waals surface area (Å²) in [5.74, 6) is 0.334. The lowest BCUT2D eigenvalue weighted by Gasteiger charge is -2.46. The van der Waals surface area contributed by atoms with E-state index in [1.165, 1.54) is 28.4 Å². The summed E-state index contributed by atoms with van der Waals surface area (Å²) in [5, 5.41) is 2.78. The lowest BCUT2D eigenvalue weighted by molar-refractivity contribution is 0.0654. The molecule has 0 radical (unpaired) electrons. The van der Waals surface area contributed by atoms with Gasteiger partial charge in [-0.3, -0.25) is 28.0 Å². The molecule has 5 aromatic rings. The highest BCUT2D eigenvalue weighted by atomic mass is 32.3. The van der Waals surface area contributed by atoms with Crippen LogP contribution in [0.3, 0.4) is 0 Å². The van der Waals surface area contributed by atoms with Gasteiger partial charge in [-0.2, -0.15) is 0 Å². The van der Waals surface area contributed by atoms with Crippen molar-refractivity contribution in [3.05, 3.63) is 100 Å². The molecule has 0 unspecified atom stereocenters. The Bertz CT molecular complexity index is 1950. The molecule has 2 aliphatic rings. The summed E-state index contributed by atoms with van der Waals surface area (Å²) in [7, 11) is -1.06. The number of fused-ring (bicyclic) bond motifs is 2. The van der Waals surface area contributed by atoms with Crippen molar-refractivity contribution >= 4 is 50.5 Å². The SMILES string of the molecule is CCc1nc2ccc(C3CCN(S(O)(O)CCCN4C(=O)c5ccccc5C4=O)CC3)cn2c1N(C)c1nc(-c2ccc(F)cc2)cs1. The number of benzene rings is 2. The molecule has 13 heteroatoms. The zero-order valence-electron chi connectivity index (χ0n) is 26.8. The molecule has 0 atom stereocenters. The zero-order valence-corrected chi connectivity index (χ0v) is 28.4. The molecule has 7 rings (SSSR count). The van der Waals surface area contributed by atoms with Gasteiger partial charge in [0.05, 0.1) is 28.3 Å². The van der Waals surface area contributed by atoms with Crippen molar-refractivity contribution in [3.8, 4) is 11.3 Å². The van der Waals surface area contributed by atoms with Crippen LogP contribution >= 0.6 is 22.1 Å². The van der Waals surface area contributed by atoms with Gasteiger partial charge in [0.1, 0.15) is 17.3 Å². The van der Waals surface area contributed by atoms with Crippen LogP contribution in [0.5, 0.6) is 0 Å². The largest absolute Gasteiger partial charge is 0.305 e. The van der Waals surface area contributed by atoms with Gasteiger partial charge in [-0.05, 0) is 79.6 Å². The van der Waals surface area contributed by atoms with Gasteiger partial charge >= 0.3 is 0 Å². The van der Waals surface area contributed by atoms with E-state index in [2.05, 4.69) is 28.5 Å². The molecule has 2 aliphatic heterocycles. The number of aromatic nitrogens is 3. The number of hydrogen-bond acceptors (Lipinski definition) is 9. The number of hydrogen-bond donors (Lipinski definition) is 2. The zero-order chi connectivity index (χ0) is 33.6. The number of nitrogens with zero attached hydrogens (tertiary/aromatic N) is 6. The van der Waals surface area contributed by atoms with Gasteiger partial charge in [0.15, 0.2) is 5.13 Å². The van der Waals surface area contributed by atoms with E-state index >= 15 is 0 Å². The smallest absolute Gasteiger partial charge is 0.261 e. The minimum absolute atomic E-state index is 0.0984. The first kappa shape index (κ1) is 32.4. The number of pyridine rings is 1. The first-order valence-corrected chi connectivity index (χ1v) is 18.6. The quantitative estimate of drug-likeness (QED) is 0.145. The van der Waals surface area contributed by atoms with Crippen molar-refractivity contribution in [3.63, 3.8) is 0 Å². The van der Waals surface area contributed by atoms with E-state index < -0.39 is 10.8 Å². The number of piperidine rings is 1. The average Bonchev–Trinajstić information content (AvgIpc) is 3.80. The highest BCUT2D eigenvalue weighted by molar-refractivity contribution is 8.22. The molecular weight excluding hydrogens is 652 g/mol. The number of aryl methyl sites for hydroxylation is 1. The van der Waals surface area contributed by atoms with Crippen molar-refractivity contribution in [1.29, 1.82) is 0 Å². The summed E-state index contributed by atoms with van der Waals surface area (Å²) in [6.45, 7) is 3.29. The normalized spacial score (nSPS) is 16.2. The third-order valence-corrected chi connectivity index (χ3v) is 12.2. The Hall–Kier alpha value is -4.14. The predicted octanol–water partition coefficient (Wildman–Crippen LogP) is 7.46. The molecule has 0 saturated carbocycles. The Morgan fingerprint density at radius 3 is 2.33 bits per heavy atom. The second-order valence-electron chi connectivity index (χ2n) is 12.2. The number of anilines is 2. The Balaban J connectivity index is 1.01. The molecule has 0 bridgehead atoms. The van der Waals surface area contributed by atoms with Crippen LogP contribution < -0.4 is 4.90 Å². The maximum Gasteiger partial charge on any atom is 0.261 e. The van der Waals surface area contributed by atoms with Crippen LogP contribution in [0.25, 0.3) is 16.9 Å². The maximum atomic E-state index is 13.5. The van der Waals surface area contributed by atoms with Crippen LogP contribution in [0.1, 0.15) is 64.1 Å². The maximum absolute atomic E-state index is 13.5. The third-order valence-electron chi connectivity index (χ3n) is 9.27. The van der Waals surface area contributed by atoms with Gasteiger partial charge in [-0.15, -0.1) is 22.1 Å². The number of rotatable bonds is 10. The summed E-state index contributed by atoms with van der Waals surface area (Å²) in [6.07, 6.45) is 4.71. The Morgan fingerprint density at radius 2 is 1.67 bits per heavy atom. The summed E-state index contributed by atoms with van der Waals surface area (Å²) in [4.78, 5) is 38.4. The van der Waals surface area contributed by atoms with Crippen LogP contribution in [-0.4, -0.2) is 76.9 Å². The minimum atomic E-state index is -3.05. The number of imide groups is 1. The number of halogens is 1. The van der Waals surface area contributed by atoms with Crippen molar-refractivity contribution in [2.45, 2.75) is 38.5 Å². The Labute approximate surface area is 284 Å². The van der Waals surface area contributed by atoms with Gasteiger partial charge in [0.25, 0.3) is 11.8 Å². The highest BCUT2D eigenvalue weighted by Gasteiger charge is 2.35. The molecule has 1 fully saturated rings. The molecule has 10 nitrogen and oxygen atoms in total. The van der Waals surface area contributed by atoms with E-state index in [0.717, 1.165) is 58.4 Å². The molecule has 0 spiro atoms. The number of carbonyl (C=O) groups is 2. The van der Waals surface area contributed by atoms with E-state index in [-0.39, 0.29) is 35.8 Å². The Morgan fingerprint density at radius 1 is 0.979 bits per heavy atom. The van der Waals surface area contributed by atoms with Gasteiger partial charge in [-0.1, -0.05) is 25.1 Å². The number of amides is 2. The molecule has 48 heavy (non-hydrogen) atoms. The van der Waals surface area contributed by atoms with Crippen molar-refractivity contribution in [2.24, 2.45) is 0 Å². The fourth-order valence-electron chi connectivity index (χ4n) is 6.66. The van der Waals surface area contributed by atoms with E-state index in [1.54, 1.807) is 40.7 Å². The fraction of sp³-hybridized carbons (Fsp3) is 0.314. The first-order chi connectivity index (χ1) is 23.1. The van der Waals surface area contributed by atoms with Gasteiger partial charge in [-0.25, -0.2) is 18.7 Å². The second kappa shape index (κ2) is 13.1. The van der Waals surface area contributed by atoms with E-state index in [1.807, 2.05) is 18.5 Å².